The molecule has 104 valence electrons. The molecule has 19 heavy (non-hydrogen) atoms. The summed E-state index contributed by atoms with van der Waals surface area (Å²) in [6.07, 6.45) is 3.07. The first-order chi connectivity index (χ1) is 9.06. The van der Waals surface area contributed by atoms with E-state index in [0.29, 0.717) is 6.04 Å². The minimum atomic E-state index is -0.246. The van der Waals surface area contributed by atoms with Gasteiger partial charge in [0.05, 0.1) is 6.04 Å². The molecular weight excluding hydrogens is 238 g/mol. The van der Waals surface area contributed by atoms with Gasteiger partial charge in [-0.25, -0.2) is 0 Å². The Bertz CT molecular complexity index is 426. The lowest BCUT2D eigenvalue weighted by molar-refractivity contribution is -0.120. The Morgan fingerprint density at radius 1 is 1.42 bits per heavy atom. The lowest BCUT2D eigenvalue weighted by Crippen LogP contribution is -2.44. The van der Waals surface area contributed by atoms with Gasteiger partial charge in [-0.2, -0.15) is 0 Å². The van der Waals surface area contributed by atoms with Crippen LogP contribution in [0.15, 0.2) is 24.3 Å². The second-order valence-electron chi connectivity index (χ2n) is 5.44. The van der Waals surface area contributed by atoms with E-state index in [4.69, 9.17) is 5.73 Å². The molecule has 4 heteroatoms. The number of primary amides is 1. The predicted molar refractivity (Wildman–Crippen MR) is 78.2 cm³/mol. The molecule has 0 bridgehead atoms. The van der Waals surface area contributed by atoms with Crippen molar-refractivity contribution in [2.75, 3.05) is 18.5 Å². The highest BCUT2D eigenvalue weighted by Gasteiger charge is 2.27. The standard InChI is InChI=1S/C15H23N3O/c1-11-3-7-13(8-4-11)18(2)10-9-14(15(16)19)17-12-5-6-12/h3-4,7-8,12,14,17H,5-6,9-10H2,1-2H3,(H2,16,19). The topological polar surface area (TPSA) is 58.4 Å². The minimum absolute atomic E-state index is 0.208. The average Bonchev–Trinajstić information content (AvgIpc) is 3.18. The van der Waals surface area contributed by atoms with Gasteiger partial charge in [-0.1, -0.05) is 17.7 Å². The van der Waals surface area contributed by atoms with Crippen LogP contribution in [0.2, 0.25) is 0 Å². The van der Waals surface area contributed by atoms with Gasteiger partial charge in [-0.05, 0) is 38.3 Å². The molecule has 0 radical (unpaired) electrons. The summed E-state index contributed by atoms with van der Waals surface area (Å²) in [6, 6.07) is 8.69. The van der Waals surface area contributed by atoms with Crippen LogP contribution in [0.5, 0.6) is 0 Å². The monoisotopic (exact) mass is 261 g/mol. The molecule has 1 aromatic rings. The van der Waals surface area contributed by atoms with E-state index >= 15 is 0 Å². The highest BCUT2D eigenvalue weighted by molar-refractivity contribution is 5.80. The molecule has 1 saturated carbocycles. The number of hydrogen-bond donors (Lipinski definition) is 2. The van der Waals surface area contributed by atoms with E-state index in [1.54, 1.807) is 0 Å². The second-order valence-corrected chi connectivity index (χ2v) is 5.44. The van der Waals surface area contributed by atoms with Crippen LogP contribution in [0.25, 0.3) is 0 Å². The Labute approximate surface area is 115 Å². The third kappa shape index (κ3) is 4.24. The highest BCUT2D eigenvalue weighted by atomic mass is 16.1. The fourth-order valence-electron chi connectivity index (χ4n) is 2.09. The highest BCUT2D eigenvalue weighted by Crippen LogP contribution is 2.20. The summed E-state index contributed by atoms with van der Waals surface area (Å²) in [5.74, 6) is -0.246. The molecular formula is C15H23N3O. The van der Waals surface area contributed by atoms with Crippen molar-refractivity contribution in [1.82, 2.24) is 5.32 Å². The quantitative estimate of drug-likeness (QED) is 0.780. The maximum absolute atomic E-state index is 11.4. The van der Waals surface area contributed by atoms with Crippen LogP contribution in [-0.2, 0) is 4.79 Å². The number of nitrogens with zero attached hydrogens (tertiary/aromatic N) is 1. The number of rotatable bonds is 7. The SMILES string of the molecule is Cc1ccc(N(C)CCC(NC2CC2)C(N)=O)cc1. The van der Waals surface area contributed by atoms with Gasteiger partial charge < -0.3 is 16.0 Å². The molecule has 0 saturated heterocycles. The van der Waals surface area contributed by atoms with Crippen molar-refractivity contribution in [3.05, 3.63) is 29.8 Å². The van der Waals surface area contributed by atoms with Gasteiger partial charge in [0, 0.05) is 25.3 Å². The van der Waals surface area contributed by atoms with Crippen LogP contribution in [0, 0.1) is 6.92 Å². The van der Waals surface area contributed by atoms with E-state index in [0.717, 1.165) is 25.8 Å². The van der Waals surface area contributed by atoms with Gasteiger partial charge in [-0.3, -0.25) is 4.79 Å². The smallest absolute Gasteiger partial charge is 0.234 e. The Morgan fingerprint density at radius 3 is 2.58 bits per heavy atom. The molecule has 1 aliphatic rings. The van der Waals surface area contributed by atoms with Crippen molar-refractivity contribution < 1.29 is 4.79 Å². The zero-order valence-electron chi connectivity index (χ0n) is 11.7. The van der Waals surface area contributed by atoms with Crippen molar-refractivity contribution in [3.8, 4) is 0 Å². The first-order valence-corrected chi connectivity index (χ1v) is 6.89. The van der Waals surface area contributed by atoms with Gasteiger partial charge in [0.2, 0.25) is 5.91 Å². The maximum atomic E-state index is 11.4. The van der Waals surface area contributed by atoms with Crippen LogP contribution in [-0.4, -0.2) is 31.6 Å². The lowest BCUT2D eigenvalue weighted by atomic mass is 10.1. The molecule has 4 nitrogen and oxygen atoms in total. The molecule has 1 unspecified atom stereocenters. The summed E-state index contributed by atoms with van der Waals surface area (Å²) in [6.45, 7) is 2.89. The predicted octanol–water partition coefficient (Wildman–Crippen LogP) is 1.43. The van der Waals surface area contributed by atoms with Gasteiger partial charge in [0.1, 0.15) is 0 Å². The third-order valence-corrected chi connectivity index (χ3v) is 3.59. The Hall–Kier alpha value is -1.55. The number of aryl methyl sites for hydroxylation is 1. The van der Waals surface area contributed by atoms with E-state index in [9.17, 15) is 4.79 Å². The zero-order chi connectivity index (χ0) is 13.8. The Morgan fingerprint density at radius 2 is 2.05 bits per heavy atom. The largest absolute Gasteiger partial charge is 0.375 e. The lowest BCUT2D eigenvalue weighted by Gasteiger charge is -2.22. The molecule has 0 spiro atoms. The first kappa shape index (κ1) is 13.9. The summed E-state index contributed by atoms with van der Waals surface area (Å²) < 4.78 is 0. The van der Waals surface area contributed by atoms with E-state index in [-0.39, 0.29) is 11.9 Å². The van der Waals surface area contributed by atoms with E-state index < -0.39 is 0 Å². The Balaban J connectivity index is 1.85. The van der Waals surface area contributed by atoms with E-state index in [2.05, 4.69) is 41.4 Å². The number of carbonyl (C=O) groups is 1. The van der Waals surface area contributed by atoms with Crippen molar-refractivity contribution in [2.45, 2.75) is 38.3 Å². The fraction of sp³-hybridized carbons (Fsp3) is 0.533. The number of hydrogen-bond acceptors (Lipinski definition) is 3. The maximum Gasteiger partial charge on any atom is 0.234 e. The van der Waals surface area contributed by atoms with Crippen LogP contribution >= 0.6 is 0 Å². The van der Waals surface area contributed by atoms with E-state index in [1.165, 1.54) is 11.3 Å². The molecule has 0 aliphatic heterocycles. The number of anilines is 1. The van der Waals surface area contributed by atoms with Gasteiger partial charge in [0.15, 0.2) is 0 Å². The molecule has 1 amide bonds. The summed E-state index contributed by atoms with van der Waals surface area (Å²) in [5.41, 5.74) is 7.86. The summed E-state index contributed by atoms with van der Waals surface area (Å²) >= 11 is 0. The molecule has 1 aromatic carbocycles. The number of nitrogens with one attached hydrogen (secondary N) is 1. The third-order valence-electron chi connectivity index (χ3n) is 3.59. The van der Waals surface area contributed by atoms with Crippen molar-refractivity contribution in [2.24, 2.45) is 5.73 Å². The molecule has 1 aliphatic carbocycles. The van der Waals surface area contributed by atoms with Crippen LogP contribution in [0.1, 0.15) is 24.8 Å². The summed E-state index contributed by atoms with van der Waals surface area (Å²) in [7, 11) is 2.04. The number of nitrogens with two attached hydrogens (primary N) is 1. The van der Waals surface area contributed by atoms with Crippen LogP contribution in [0.3, 0.4) is 0 Å². The summed E-state index contributed by atoms with van der Waals surface area (Å²) in [4.78, 5) is 13.6. The number of amides is 1. The molecule has 0 heterocycles. The van der Waals surface area contributed by atoms with Gasteiger partial charge in [-0.15, -0.1) is 0 Å². The van der Waals surface area contributed by atoms with Gasteiger partial charge in [0.25, 0.3) is 0 Å². The van der Waals surface area contributed by atoms with Crippen molar-refractivity contribution >= 4 is 11.6 Å². The number of benzene rings is 1. The zero-order valence-corrected chi connectivity index (χ0v) is 11.7. The summed E-state index contributed by atoms with van der Waals surface area (Å²) in [5, 5.41) is 3.31. The average molecular weight is 261 g/mol. The molecule has 1 fully saturated rings. The normalized spacial score (nSPS) is 16.1. The second kappa shape index (κ2) is 6.06. The molecule has 1 atom stereocenters. The van der Waals surface area contributed by atoms with Crippen molar-refractivity contribution in [1.29, 1.82) is 0 Å². The number of carbonyl (C=O) groups excluding carboxylic acids is 1. The van der Waals surface area contributed by atoms with Gasteiger partial charge >= 0.3 is 0 Å². The van der Waals surface area contributed by atoms with Crippen molar-refractivity contribution in [3.63, 3.8) is 0 Å². The molecule has 3 N–H and O–H groups in total. The minimum Gasteiger partial charge on any atom is -0.375 e. The van der Waals surface area contributed by atoms with Crippen LogP contribution < -0.4 is 16.0 Å². The Kier molecular flexibility index (Phi) is 4.43. The van der Waals surface area contributed by atoms with Crippen LogP contribution in [0.4, 0.5) is 5.69 Å². The molecule has 2 rings (SSSR count). The van der Waals surface area contributed by atoms with E-state index in [1.807, 2.05) is 7.05 Å². The first-order valence-electron chi connectivity index (χ1n) is 6.89. The molecule has 0 aromatic heterocycles. The fourth-order valence-corrected chi connectivity index (χ4v) is 2.09.